The van der Waals surface area contributed by atoms with E-state index in [9.17, 15) is 9.18 Å². The van der Waals surface area contributed by atoms with Gasteiger partial charge >= 0.3 is 0 Å². The van der Waals surface area contributed by atoms with Crippen molar-refractivity contribution in [2.24, 2.45) is 0 Å². The molecular weight excluding hydrogens is 279 g/mol. The van der Waals surface area contributed by atoms with Crippen LogP contribution in [-0.4, -0.2) is 16.8 Å². The molecule has 1 aromatic carbocycles. The van der Waals surface area contributed by atoms with Crippen molar-refractivity contribution in [2.75, 3.05) is 11.2 Å². The second-order valence-electron chi connectivity index (χ2n) is 4.31. The Labute approximate surface area is 121 Å². The van der Waals surface area contributed by atoms with Gasteiger partial charge in [-0.25, -0.2) is 9.37 Å². The maximum atomic E-state index is 12.7. The lowest BCUT2D eigenvalue weighted by Crippen LogP contribution is -2.13. The number of hydrogen-bond donors (Lipinski definition) is 1. The Morgan fingerprint density at radius 1 is 1.30 bits per heavy atom. The summed E-state index contributed by atoms with van der Waals surface area (Å²) in [6.45, 7) is 0. The van der Waals surface area contributed by atoms with Crippen LogP contribution in [0.1, 0.15) is 22.5 Å². The zero-order chi connectivity index (χ0) is 14.4. The summed E-state index contributed by atoms with van der Waals surface area (Å²) in [5, 5.41) is 2.74. The number of carbonyl (C=O) groups excluding carboxylic acids is 1. The summed E-state index contributed by atoms with van der Waals surface area (Å²) in [6.07, 6.45) is 2.77. The predicted molar refractivity (Wildman–Crippen MR) is 77.6 cm³/mol. The van der Waals surface area contributed by atoms with Gasteiger partial charge in [-0.3, -0.25) is 4.79 Å². The molecule has 0 aliphatic heterocycles. The third kappa shape index (κ3) is 4.03. The number of pyridine rings is 1. The van der Waals surface area contributed by atoms with Crippen LogP contribution < -0.4 is 5.32 Å². The molecule has 1 heterocycles. The summed E-state index contributed by atoms with van der Waals surface area (Å²) in [5.41, 5.74) is 1.97. The Morgan fingerprint density at radius 3 is 2.85 bits per heavy atom. The number of nitrogens with one attached hydrogen (secondary N) is 1. The van der Waals surface area contributed by atoms with E-state index in [2.05, 4.69) is 10.3 Å². The van der Waals surface area contributed by atoms with Crippen molar-refractivity contribution in [3.63, 3.8) is 0 Å². The van der Waals surface area contributed by atoms with E-state index in [-0.39, 0.29) is 11.6 Å². The molecule has 1 aromatic heterocycles. The van der Waals surface area contributed by atoms with Crippen LogP contribution in [0, 0.1) is 5.82 Å². The quantitative estimate of drug-likeness (QED) is 0.855. The number of rotatable bonds is 5. The Hall–Kier alpha value is -1.94. The highest BCUT2D eigenvalue weighted by Gasteiger charge is 2.07. The topological polar surface area (TPSA) is 42.0 Å². The number of nitrogens with zero attached hydrogens (tertiary/aromatic N) is 1. The van der Waals surface area contributed by atoms with E-state index < -0.39 is 5.82 Å². The summed E-state index contributed by atoms with van der Waals surface area (Å²) < 4.78 is 12.7. The second-order valence-corrected chi connectivity index (χ2v) is 4.69. The van der Waals surface area contributed by atoms with Crippen LogP contribution in [0.25, 0.3) is 0 Å². The monoisotopic (exact) mass is 292 g/mol. The molecule has 20 heavy (non-hydrogen) atoms. The van der Waals surface area contributed by atoms with Crippen molar-refractivity contribution < 1.29 is 9.18 Å². The van der Waals surface area contributed by atoms with Gasteiger partial charge in [0.2, 0.25) is 0 Å². The van der Waals surface area contributed by atoms with Gasteiger partial charge in [0, 0.05) is 11.6 Å². The van der Waals surface area contributed by atoms with Crippen molar-refractivity contribution in [3.05, 3.63) is 59.7 Å². The second kappa shape index (κ2) is 7.01. The first-order valence-electron chi connectivity index (χ1n) is 6.27. The lowest BCUT2D eigenvalue weighted by Gasteiger charge is -2.07. The van der Waals surface area contributed by atoms with Crippen LogP contribution in [0.5, 0.6) is 0 Å². The van der Waals surface area contributed by atoms with E-state index in [0.717, 1.165) is 24.6 Å². The molecule has 1 N–H and O–H groups in total. The van der Waals surface area contributed by atoms with Crippen LogP contribution in [-0.2, 0) is 6.42 Å². The maximum absolute atomic E-state index is 12.7. The minimum atomic E-state index is -0.468. The number of benzene rings is 1. The third-order valence-corrected chi connectivity index (χ3v) is 3.01. The van der Waals surface area contributed by atoms with Gasteiger partial charge in [-0.1, -0.05) is 12.1 Å². The van der Waals surface area contributed by atoms with E-state index in [1.54, 1.807) is 6.07 Å². The van der Waals surface area contributed by atoms with Crippen LogP contribution in [0.15, 0.2) is 42.6 Å². The number of carbonyl (C=O) groups is 1. The molecule has 0 unspecified atom stereocenters. The van der Waals surface area contributed by atoms with Gasteiger partial charge in [-0.2, -0.15) is 0 Å². The zero-order valence-corrected chi connectivity index (χ0v) is 11.5. The van der Waals surface area contributed by atoms with Gasteiger partial charge in [-0.05, 0) is 42.7 Å². The maximum Gasteiger partial charge on any atom is 0.274 e. The summed E-state index contributed by atoms with van der Waals surface area (Å²) >= 11 is 5.66. The Balaban J connectivity index is 2.05. The van der Waals surface area contributed by atoms with Crippen LogP contribution >= 0.6 is 11.6 Å². The molecule has 1 amide bonds. The average Bonchev–Trinajstić information content (AvgIpc) is 2.46. The van der Waals surface area contributed by atoms with Gasteiger partial charge in [-0.15, -0.1) is 11.6 Å². The van der Waals surface area contributed by atoms with E-state index in [1.807, 2.05) is 18.2 Å². The number of hydrogen-bond acceptors (Lipinski definition) is 2. The summed E-state index contributed by atoms with van der Waals surface area (Å²) in [6, 6.07) is 10.1. The fourth-order valence-electron chi connectivity index (χ4n) is 1.78. The van der Waals surface area contributed by atoms with E-state index in [0.29, 0.717) is 11.6 Å². The first kappa shape index (κ1) is 14.5. The van der Waals surface area contributed by atoms with Crippen molar-refractivity contribution in [1.82, 2.24) is 4.98 Å². The van der Waals surface area contributed by atoms with Crippen molar-refractivity contribution in [3.8, 4) is 0 Å². The van der Waals surface area contributed by atoms with E-state index in [4.69, 9.17) is 11.6 Å². The lowest BCUT2D eigenvalue weighted by atomic mass is 10.1. The molecule has 0 atom stereocenters. The third-order valence-electron chi connectivity index (χ3n) is 2.74. The van der Waals surface area contributed by atoms with Crippen LogP contribution in [0.2, 0.25) is 0 Å². The summed E-state index contributed by atoms with van der Waals surface area (Å²) in [7, 11) is 0. The highest BCUT2D eigenvalue weighted by Crippen LogP contribution is 2.13. The van der Waals surface area contributed by atoms with Gasteiger partial charge in [0.1, 0.15) is 11.5 Å². The Bertz CT molecular complexity index is 587. The molecule has 5 heteroatoms. The largest absolute Gasteiger partial charge is 0.321 e. The molecule has 104 valence electrons. The number of aromatic nitrogens is 1. The Morgan fingerprint density at radius 2 is 2.15 bits per heavy atom. The minimum absolute atomic E-state index is 0.178. The highest BCUT2D eigenvalue weighted by molar-refractivity contribution is 6.17. The molecule has 0 aliphatic rings. The summed E-state index contributed by atoms with van der Waals surface area (Å²) in [5.74, 6) is -0.222. The smallest absolute Gasteiger partial charge is 0.274 e. The molecule has 2 rings (SSSR count). The van der Waals surface area contributed by atoms with Gasteiger partial charge in [0.15, 0.2) is 0 Å². The molecular formula is C15H14ClFN2O. The fourth-order valence-corrected chi connectivity index (χ4v) is 1.91. The number of aryl methyl sites for hydroxylation is 1. The van der Waals surface area contributed by atoms with Crippen LogP contribution in [0.4, 0.5) is 10.1 Å². The molecule has 0 spiro atoms. The van der Waals surface area contributed by atoms with Crippen LogP contribution in [0.3, 0.4) is 0 Å². The number of halogens is 2. The SMILES string of the molecule is O=C(Nc1cccc(CCCCl)c1)c1ccc(F)cn1. The van der Waals surface area contributed by atoms with E-state index in [1.165, 1.54) is 12.1 Å². The summed E-state index contributed by atoms with van der Waals surface area (Å²) in [4.78, 5) is 15.7. The first-order valence-corrected chi connectivity index (χ1v) is 6.80. The van der Waals surface area contributed by atoms with Crippen molar-refractivity contribution in [2.45, 2.75) is 12.8 Å². The standard InChI is InChI=1S/C15H14ClFN2O/c16-8-2-4-11-3-1-5-13(9-11)19-15(20)14-7-6-12(17)10-18-14/h1,3,5-7,9-10H,2,4,8H2,(H,19,20). The zero-order valence-electron chi connectivity index (χ0n) is 10.8. The predicted octanol–water partition coefficient (Wildman–Crippen LogP) is 3.64. The average molecular weight is 293 g/mol. The molecule has 0 bridgehead atoms. The minimum Gasteiger partial charge on any atom is -0.321 e. The fraction of sp³-hybridized carbons (Fsp3) is 0.200. The molecule has 0 radical (unpaired) electrons. The highest BCUT2D eigenvalue weighted by atomic mass is 35.5. The molecule has 3 nitrogen and oxygen atoms in total. The van der Waals surface area contributed by atoms with Crippen molar-refractivity contribution in [1.29, 1.82) is 0 Å². The van der Waals surface area contributed by atoms with E-state index >= 15 is 0 Å². The molecule has 0 saturated heterocycles. The number of amides is 1. The molecule has 0 fully saturated rings. The number of alkyl halides is 1. The number of anilines is 1. The van der Waals surface area contributed by atoms with Crippen molar-refractivity contribution >= 4 is 23.2 Å². The molecule has 2 aromatic rings. The van der Waals surface area contributed by atoms with Gasteiger partial charge < -0.3 is 5.32 Å². The van der Waals surface area contributed by atoms with Gasteiger partial charge in [0.05, 0.1) is 6.20 Å². The normalized spacial score (nSPS) is 10.3. The Kier molecular flexibility index (Phi) is 5.07. The lowest BCUT2D eigenvalue weighted by molar-refractivity contribution is 0.102. The molecule has 0 aliphatic carbocycles. The molecule has 0 saturated carbocycles. The van der Waals surface area contributed by atoms with Gasteiger partial charge in [0.25, 0.3) is 5.91 Å². The first-order chi connectivity index (χ1) is 9.69.